The van der Waals surface area contributed by atoms with Gasteiger partial charge in [-0.2, -0.15) is 13.2 Å². The van der Waals surface area contributed by atoms with Gasteiger partial charge >= 0.3 is 6.18 Å². The van der Waals surface area contributed by atoms with Gasteiger partial charge in [-0.15, -0.1) is 0 Å². The van der Waals surface area contributed by atoms with Crippen molar-refractivity contribution in [3.8, 4) is 5.75 Å². The summed E-state index contributed by atoms with van der Waals surface area (Å²) in [5.41, 5.74) is 0.193. The number of rotatable bonds is 6. The maximum absolute atomic E-state index is 12.3. The van der Waals surface area contributed by atoms with E-state index in [1.54, 1.807) is 11.4 Å². The second-order valence-electron chi connectivity index (χ2n) is 5.70. The molecule has 0 aliphatic rings. The van der Waals surface area contributed by atoms with Crippen LogP contribution in [0.15, 0.2) is 42.5 Å². The highest BCUT2D eigenvalue weighted by Gasteiger charge is 2.28. The summed E-state index contributed by atoms with van der Waals surface area (Å²) in [4.78, 5) is 24.1. The first kappa shape index (κ1) is 21.8. The zero-order chi connectivity index (χ0) is 20.9. The molecule has 10 heteroatoms. The lowest BCUT2D eigenvalue weighted by molar-refractivity contribution is -0.123. The van der Waals surface area contributed by atoms with Gasteiger partial charge in [-0.05, 0) is 43.3 Å². The zero-order valence-electron chi connectivity index (χ0n) is 14.4. The van der Waals surface area contributed by atoms with Crippen molar-refractivity contribution in [1.82, 2.24) is 5.32 Å². The summed E-state index contributed by atoms with van der Waals surface area (Å²) in [7, 11) is 0. The van der Waals surface area contributed by atoms with Crippen LogP contribution in [-0.4, -0.2) is 30.6 Å². The molecule has 0 saturated carbocycles. The number of anilines is 1. The number of ether oxygens (including phenoxy) is 1. The molecule has 0 saturated heterocycles. The van der Waals surface area contributed by atoms with E-state index in [1.807, 2.05) is 0 Å². The van der Waals surface area contributed by atoms with E-state index in [1.165, 1.54) is 43.3 Å². The maximum atomic E-state index is 12.3. The second kappa shape index (κ2) is 9.16. The lowest BCUT2D eigenvalue weighted by Gasteiger charge is -2.16. The third-order valence-corrected chi connectivity index (χ3v) is 3.94. The van der Waals surface area contributed by atoms with Crippen LogP contribution < -0.4 is 15.4 Å². The fourth-order valence-corrected chi connectivity index (χ4v) is 2.53. The predicted molar refractivity (Wildman–Crippen MR) is 100 cm³/mol. The van der Waals surface area contributed by atoms with Gasteiger partial charge in [-0.25, -0.2) is 0 Å². The van der Waals surface area contributed by atoms with E-state index in [0.717, 1.165) is 0 Å². The van der Waals surface area contributed by atoms with Crippen LogP contribution in [-0.2, 0) is 4.79 Å². The van der Waals surface area contributed by atoms with Crippen LogP contribution in [0.4, 0.5) is 18.9 Å². The minimum absolute atomic E-state index is 0.0311. The number of amides is 2. The molecule has 5 nitrogen and oxygen atoms in total. The van der Waals surface area contributed by atoms with Crippen LogP contribution in [0.1, 0.15) is 17.3 Å². The highest BCUT2D eigenvalue weighted by molar-refractivity contribution is 6.35. The Bertz CT molecular complexity index is 875. The summed E-state index contributed by atoms with van der Waals surface area (Å²) in [6, 6.07) is 10.0. The number of nitrogens with one attached hydrogen (secondary N) is 2. The Kier molecular flexibility index (Phi) is 7.15. The number of carbonyl (C=O) groups excluding carboxylic acids is 2. The van der Waals surface area contributed by atoms with Crippen molar-refractivity contribution >= 4 is 40.7 Å². The normalized spacial score (nSPS) is 12.2. The molecule has 2 rings (SSSR count). The summed E-state index contributed by atoms with van der Waals surface area (Å²) >= 11 is 11.8. The van der Waals surface area contributed by atoms with Gasteiger partial charge in [0, 0.05) is 16.3 Å². The molecule has 2 N–H and O–H groups in total. The summed E-state index contributed by atoms with van der Waals surface area (Å²) in [5.74, 6) is -1.20. The first-order chi connectivity index (χ1) is 13.0. The van der Waals surface area contributed by atoms with E-state index in [9.17, 15) is 22.8 Å². The monoisotopic (exact) mass is 434 g/mol. The Labute approximate surface area is 168 Å². The van der Waals surface area contributed by atoms with Crippen molar-refractivity contribution in [3.63, 3.8) is 0 Å². The van der Waals surface area contributed by atoms with Gasteiger partial charge in [0.1, 0.15) is 12.3 Å². The van der Waals surface area contributed by atoms with Gasteiger partial charge < -0.3 is 15.4 Å². The van der Waals surface area contributed by atoms with Gasteiger partial charge in [0.25, 0.3) is 11.8 Å². The SMILES string of the molecule is CC(Oc1ccc(Cl)cc1Cl)C(=O)Nc1cccc(C(=O)NCC(F)(F)F)c1. The third kappa shape index (κ3) is 6.61. The smallest absolute Gasteiger partial charge is 0.405 e. The standard InChI is InChI=1S/C18H15Cl2F3N2O3/c1-10(28-15-6-5-12(19)8-14(15)20)16(26)25-13-4-2-3-11(7-13)17(27)24-9-18(21,22)23/h2-8,10H,9H2,1H3,(H,24,27)(H,25,26). The molecular formula is C18H15Cl2F3N2O3. The molecule has 2 aromatic rings. The van der Waals surface area contributed by atoms with Crippen LogP contribution in [0, 0.1) is 0 Å². The Morgan fingerprint density at radius 3 is 2.50 bits per heavy atom. The molecular weight excluding hydrogens is 420 g/mol. The Hall–Kier alpha value is -2.45. The summed E-state index contributed by atoms with van der Waals surface area (Å²) in [6.07, 6.45) is -5.46. The molecule has 0 fully saturated rings. The lowest BCUT2D eigenvalue weighted by Crippen LogP contribution is -2.34. The van der Waals surface area contributed by atoms with E-state index >= 15 is 0 Å². The van der Waals surface area contributed by atoms with Crippen molar-refractivity contribution in [2.75, 3.05) is 11.9 Å². The summed E-state index contributed by atoms with van der Waals surface area (Å²) < 4.78 is 42.1. The van der Waals surface area contributed by atoms with Crippen molar-refractivity contribution in [3.05, 3.63) is 58.1 Å². The molecule has 0 aromatic heterocycles. The van der Waals surface area contributed by atoms with E-state index < -0.39 is 30.6 Å². The van der Waals surface area contributed by atoms with Crippen molar-refractivity contribution in [2.24, 2.45) is 0 Å². The molecule has 0 heterocycles. The number of carbonyl (C=O) groups is 2. The minimum Gasteiger partial charge on any atom is -0.479 e. The number of benzene rings is 2. The predicted octanol–water partition coefficient (Wildman–Crippen LogP) is 4.69. The van der Waals surface area contributed by atoms with Crippen LogP contribution in [0.5, 0.6) is 5.75 Å². The van der Waals surface area contributed by atoms with Crippen LogP contribution in [0.2, 0.25) is 10.0 Å². The second-order valence-corrected chi connectivity index (χ2v) is 6.55. The highest BCUT2D eigenvalue weighted by Crippen LogP contribution is 2.28. The van der Waals surface area contributed by atoms with Gasteiger partial charge in [0.15, 0.2) is 6.10 Å². The fraction of sp³-hybridized carbons (Fsp3) is 0.222. The molecule has 1 unspecified atom stereocenters. The van der Waals surface area contributed by atoms with Crippen LogP contribution in [0.25, 0.3) is 0 Å². The average Bonchev–Trinajstić information content (AvgIpc) is 2.61. The summed E-state index contributed by atoms with van der Waals surface area (Å²) in [6.45, 7) is 0.0370. The van der Waals surface area contributed by atoms with Crippen molar-refractivity contribution in [2.45, 2.75) is 19.2 Å². The van der Waals surface area contributed by atoms with Gasteiger partial charge in [0.2, 0.25) is 0 Å². The van der Waals surface area contributed by atoms with Crippen molar-refractivity contribution in [1.29, 1.82) is 0 Å². The quantitative estimate of drug-likeness (QED) is 0.692. The van der Waals surface area contributed by atoms with E-state index in [2.05, 4.69) is 5.32 Å². The van der Waals surface area contributed by atoms with Crippen LogP contribution in [0.3, 0.4) is 0 Å². The molecule has 0 aliphatic carbocycles. The first-order valence-corrected chi connectivity index (χ1v) is 8.68. The van der Waals surface area contributed by atoms with Gasteiger partial charge in [-0.3, -0.25) is 9.59 Å². The molecule has 1 atom stereocenters. The van der Waals surface area contributed by atoms with Gasteiger partial charge in [0.05, 0.1) is 5.02 Å². The molecule has 0 spiro atoms. The van der Waals surface area contributed by atoms with E-state index in [4.69, 9.17) is 27.9 Å². The zero-order valence-corrected chi connectivity index (χ0v) is 16.0. The topological polar surface area (TPSA) is 67.4 Å². The first-order valence-electron chi connectivity index (χ1n) is 7.93. The third-order valence-electron chi connectivity index (χ3n) is 3.41. The largest absolute Gasteiger partial charge is 0.479 e. The molecule has 28 heavy (non-hydrogen) atoms. The molecule has 2 amide bonds. The summed E-state index contributed by atoms with van der Waals surface area (Å²) in [5, 5.41) is 4.93. The fourth-order valence-electron chi connectivity index (χ4n) is 2.08. The van der Waals surface area contributed by atoms with Crippen LogP contribution >= 0.6 is 23.2 Å². The Morgan fingerprint density at radius 2 is 1.86 bits per heavy atom. The number of halogens is 5. The van der Waals surface area contributed by atoms with E-state index in [0.29, 0.717) is 5.02 Å². The number of hydrogen-bond acceptors (Lipinski definition) is 3. The Balaban J connectivity index is 2.00. The maximum Gasteiger partial charge on any atom is 0.405 e. The van der Waals surface area contributed by atoms with E-state index in [-0.39, 0.29) is 22.0 Å². The minimum atomic E-state index is -4.52. The molecule has 150 valence electrons. The molecule has 0 radical (unpaired) electrons. The Morgan fingerprint density at radius 1 is 1.14 bits per heavy atom. The number of alkyl halides is 3. The molecule has 0 aliphatic heterocycles. The van der Waals surface area contributed by atoms with Gasteiger partial charge in [-0.1, -0.05) is 29.3 Å². The van der Waals surface area contributed by atoms with Crippen molar-refractivity contribution < 1.29 is 27.5 Å². The highest BCUT2D eigenvalue weighted by atomic mass is 35.5. The number of hydrogen-bond donors (Lipinski definition) is 2. The molecule has 0 bridgehead atoms. The average molecular weight is 435 g/mol. The molecule has 2 aromatic carbocycles. The lowest BCUT2D eigenvalue weighted by atomic mass is 10.2.